The molecule has 1 rings (SSSR count). The first-order valence-electron chi connectivity index (χ1n) is 5.72. The number of hydrogen-bond donors (Lipinski definition) is 1. The summed E-state index contributed by atoms with van der Waals surface area (Å²) in [5.41, 5.74) is 5.92. The van der Waals surface area contributed by atoms with Gasteiger partial charge in [0.15, 0.2) is 0 Å². The molecule has 0 aromatic rings. The zero-order valence-corrected chi connectivity index (χ0v) is 9.95. The molecule has 0 aromatic heterocycles. The molecule has 15 heavy (non-hydrogen) atoms. The van der Waals surface area contributed by atoms with Gasteiger partial charge in [-0.05, 0) is 31.8 Å². The Hall–Kier alpha value is -0.160. The highest BCUT2D eigenvalue weighted by atomic mass is 16.5. The van der Waals surface area contributed by atoms with Crippen LogP contribution in [0.5, 0.6) is 0 Å². The van der Waals surface area contributed by atoms with Gasteiger partial charge >= 0.3 is 0 Å². The van der Waals surface area contributed by atoms with Gasteiger partial charge in [-0.1, -0.05) is 0 Å². The van der Waals surface area contributed by atoms with Crippen molar-refractivity contribution in [1.82, 2.24) is 4.90 Å². The highest BCUT2D eigenvalue weighted by Gasteiger charge is 2.20. The van der Waals surface area contributed by atoms with E-state index in [1.165, 1.54) is 12.8 Å². The summed E-state index contributed by atoms with van der Waals surface area (Å²) in [7, 11) is 3.48. The second kappa shape index (κ2) is 7.17. The minimum Gasteiger partial charge on any atom is -0.384 e. The van der Waals surface area contributed by atoms with E-state index in [0.29, 0.717) is 6.61 Å². The summed E-state index contributed by atoms with van der Waals surface area (Å²) in [4.78, 5) is 2.43. The lowest BCUT2D eigenvalue weighted by Crippen LogP contribution is -2.44. The van der Waals surface area contributed by atoms with Crippen LogP contribution in [-0.2, 0) is 9.47 Å². The van der Waals surface area contributed by atoms with Gasteiger partial charge in [0.05, 0.1) is 6.61 Å². The largest absolute Gasteiger partial charge is 0.384 e. The van der Waals surface area contributed by atoms with E-state index < -0.39 is 0 Å². The van der Waals surface area contributed by atoms with Gasteiger partial charge in [-0.2, -0.15) is 0 Å². The molecule has 4 heteroatoms. The fraction of sp³-hybridized carbons (Fsp3) is 1.00. The molecule has 1 unspecified atom stereocenters. The molecule has 1 fully saturated rings. The number of ether oxygens (including phenoxy) is 2. The van der Waals surface area contributed by atoms with Crippen molar-refractivity contribution in [3.63, 3.8) is 0 Å². The van der Waals surface area contributed by atoms with E-state index in [-0.39, 0.29) is 6.04 Å². The molecule has 4 nitrogen and oxygen atoms in total. The van der Waals surface area contributed by atoms with Gasteiger partial charge < -0.3 is 20.1 Å². The zero-order valence-electron chi connectivity index (χ0n) is 9.95. The van der Waals surface area contributed by atoms with Crippen molar-refractivity contribution in [2.24, 2.45) is 11.7 Å². The highest BCUT2D eigenvalue weighted by Crippen LogP contribution is 2.17. The average Bonchev–Trinajstić information content (AvgIpc) is 2.22. The van der Waals surface area contributed by atoms with Gasteiger partial charge in [0.2, 0.25) is 0 Å². The maximum Gasteiger partial charge on any atom is 0.0626 e. The molecule has 0 bridgehead atoms. The Bertz CT molecular complexity index is 159. The van der Waals surface area contributed by atoms with E-state index in [2.05, 4.69) is 4.90 Å². The predicted octanol–water partition coefficient (Wildman–Crippen LogP) is 0.319. The third kappa shape index (κ3) is 4.93. The van der Waals surface area contributed by atoms with Gasteiger partial charge in [0.25, 0.3) is 0 Å². The minimum absolute atomic E-state index is 0.147. The molecule has 0 aliphatic carbocycles. The Morgan fingerprint density at radius 2 is 1.93 bits per heavy atom. The minimum atomic E-state index is 0.147. The molecule has 1 aliphatic heterocycles. The monoisotopic (exact) mass is 216 g/mol. The van der Waals surface area contributed by atoms with Crippen molar-refractivity contribution in [3.8, 4) is 0 Å². The molecule has 1 aliphatic rings. The molecule has 1 heterocycles. The number of piperidine rings is 1. The van der Waals surface area contributed by atoms with Crippen LogP contribution in [-0.4, -0.2) is 58.0 Å². The molecule has 0 spiro atoms. The second-order valence-electron chi connectivity index (χ2n) is 4.41. The Kier molecular flexibility index (Phi) is 6.17. The van der Waals surface area contributed by atoms with E-state index in [1.807, 2.05) is 0 Å². The first kappa shape index (κ1) is 12.9. The molecule has 90 valence electrons. The van der Waals surface area contributed by atoms with Crippen LogP contribution in [0.3, 0.4) is 0 Å². The van der Waals surface area contributed by atoms with E-state index in [1.54, 1.807) is 14.2 Å². The fourth-order valence-electron chi connectivity index (χ4n) is 2.17. The summed E-state index contributed by atoms with van der Waals surface area (Å²) in [6, 6.07) is 0.147. The lowest BCUT2D eigenvalue weighted by molar-refractivity contribution is 0.0890. The number of rotatable bonds is 6. The van der Waals surface area contributed by atoms with Crippen LogP contribution in [0.25, 0.3) is 0 Å². The van der Waals surface area contributed by atoms with Gasteiger partial charge in [0.1, 0.15) is 0 Å². The summed E-state index contributed by atoms with van der Waals surface area (Å²) >= 11 is 0. The third-order valence-electron chi connectivity index (χ3n) is 2.98. The summed E-state index contributed by atoms with van der Waals surface area (Å²) in [5, 5.41) is 0. The molecule has 0 radical (unpaired) electrons. The lowest BCUT2D eigenvalue weighted by atomic mass is 9.97. The van der Waals surface area contributed by atoms with Crippen LogP contribution in [0.1, 0.15) is 12.8 Å². The number of likely N-dealkylation sites (tertiary alicyclic amines) is 1. The smallest absolute Gasteiger partial charge is 0.0626 e. The highest BCUT2D eigenvalue weighted by molar-refractivity contribution is 4.75. The normalized spacial score (nSPS) is 21.8. The Morgan fingerprint density at radius 1 is 1.27 bits per heavy atom. The van der Waals surface area contributed by atoms with Crippen molar-refractivity contribution in [3.05, 3.63) is 0 Å². The van der Waals surface area contributed by atoms with E-state index in [9.17, 15) is 0 Å². The molecule has 1 saturated heterocycles. The molecule has 2 N–H and O–H groups in total. The van der Waals surface area contributed by atoms with Crippen molar-refractivity contribution < 1.29 is 9.47 Å². The zero-order chi connectivity index (χ0) is 11.1. The van der Waals surface area contributed by atoms with Crippen molar-refractivity contribution in [2.75, 3.05) is 47.1 Å². The number of nitrogens with two attached hydrogens (primary N) is 1. The van der Waals surface area contributed by atoms with Crippen LogP contribution in [0.15, 0.2) is 0 Å². The third-order valence-corrected chi connectivity index (χ3v) is 2.98. The predicted molar refractivity (Wildman–Crippen MR) is 60.9 cm³/mol. The Labute approximate surface area is 92.7 Å². The summed E-state index contributed by atoms with van der Waals surface area (Å²) in [6.07, 6.45) is 2.46. The SMILES string of the molecule is COCC(N)CN1CCC(COC)CC1. The van der Waals surface area contributed by atoms with Crippen LogP contribution < -0.4 is 5.73 Å². The number of hydrogen-bond acceptors (Lipinski definition) is 4. The standard InChI is InChI=1S/C11H24N2O2/c1-14-8-10-3-5-13(6-4-10)7-11(12)9-15-2/h10-11H,3-9,12H2,1-2H3. The molecular formula is C11H24N2O2. The van der Waals surface area contributed by atoms with Crippen molar-refractivity contribution in [2.45, 2.75) is 18.9 Å². The molecule has 0 saturated carbocycles. The first-order valence-corrected chi connectivity index (χ1v) is 5.72. The van der Waals surface area contributed by atoms with Crippen LogP contribution >= 0.6 is 0 Å². The molecular weight excluding hydrogens is 192 g/mol. The molecule has 0 amide bonds. The fourth-order valence-corrected chi connectivity index (χ4v) is 2.17. The second-order valence-corrected chi connectivity index (χ2v) is 4.41. The number of nitrogens with zero attached hydrogens (tertiary/aromatic N) is 1. The van der Waals surface area contributed by atoms with E-state index in [0.717, 1.165) is 32.2 Å². The molecule has 1 atom stereocenters. The van der Waals surface area contributed by atoms with E-state index in [4.69, 9.17) is 15.2 Å². The Morgan fingerprint density at radius 3 is 2.47 bits per heavy atom. The van der Waals surface area contributed by atoms with Crippen LogP contribution in [0.2, 0.25) is 0 Å². The number of methoxy groups -OCH3 is 2. The average molecular weight is 216 g/mol. The maximum atomic E-state index is 5.92. The summed E-state index contributed by atoms with van der Waals surface area (Å²) in [6.45, 7) is 4.79. The van der Waals surface area contributed by atoms with E-state index >= 15 is 0 Å². The van der Waals surface area contributed by atoms with Gasteiger partial charge in [-0.3, -0.25) is 0 Å². The maximum absolute atomic E-state index is 5.92. The van der Waals surface area contributed by atoms with Gasteiger partial charge in [0, 0.05) is 33.4 Å². The van der Waals surface area contributed by atoms with Crippen molar-refractivity contribution in [1.29, 1.82) is 0 Å². The molecule has 0 aromatic carbocycles. The topological polar surface area (TPSA) is 47.7 Å². The quantitative estimate of drug-likeness (QED) is 0.694. The lowest BCUT2D eigenvalue weighted by Gasteiger charge is -2.33. The summed E-state index contributed by atoms with van der Waals surface area (Å²) < 4.78 is 10.2. The van der Waals surface area contributed by atoms with Gasteiger partial charge in [-0.25, -0.2) is 0 Å². The first-order chi connectivity index (χ1) is 7.26. The van der Waals surface area contributed by atoms with Crippen molar-refractivity contribution >= 4 is 0 Å². The summed E-state index contributed by atoms with van der Waals surface area (Å²) in [5.74, 6) is 0.741. The van der Waals surface area contributed by atoms with Gasteiger partial charge in [-0.15, -0.1) is 0 Å². The van der Waals surface area contributed by atoms with Crippen LogP contribution in [0.4, 0.5) is 0 Å². The van der Waals surface area contributed by atoms with Crippen LogP contribution in [0, 0.1) is 5.92 Å². The Balaban J connectivity index is 2.14.